The van der Waals surface area contributed by atoms with Gasteiger partial charge in [-0.1, -0.05) is 11.6 Å². The highest BCUT2D eigenvalue weighted by Gasteiger charge is 2.15. The molecule has 1 aromatic heterocycles. The Kier molecular flexibility index (Phi) is 3.95. The van der Waals surface area contributed by atoms with Crippen molar-refractivity contribution in [2.75, 3.05) is 0 Å². The molecule has 1 atom stereocenters. The zero-order valence-electron chi connectivity index (χ0n) is 9.01. The van der Waals surface area contributed by atoms with Crippen molar-refractivity contribution in [3.63, 3.8) is 0 Å². The van der Waals surface area contributed by atoms with E-state index in [0.717, 1.165) is 9.13 Å². The molecule has 0 radical (unpaired) electrons. The predicted octanol–water partition coefficient (Wildman–Crippen LogP) is 1.74. The first kappa shape index (κ1) is 12.7. The van der Waals surface area contributed by atoms with Gasteiger partial charge in [0, 0.05) is 15.0 Å². The predicted molar refractivity (Wildman–Crippen MR) is 71.6 cm³/mol. The largest absolute Gasteiger partial charge is 0.388 e. The summed E-state index contributed by atoms with van der Waals surface area (Å²) in [5.41, 5.74) is 0.783. The van der Waals surface area contributed by atoms with Crippen LogP contribution in [-0.2, 0) is 13.5 Å². The Balaban J connectivity index is 2.19. The van der Waals surface area contributed by atoms with E-state index in [9.17, 15) is 5.11 Å². The fourth-order valence-electron chi connectivity index (χ4n) is 1.46. The maximum Gasteiger partial charge on any atom is 0.177 e. The molecule has 90 valence electrons. The van der Waals surface area contributed by atoms with Crippen molar-refractivity contribution in [3.05, 3.63) is 38.2 Å². The quantitative estimate of drug-likeness (QED) is 0.843. The van der Waals surface area contributed by atoms with Gasteiger partial charge in [-0.3, -0.25) is 0 Å². The molecule has 7 heteroatoms. The van der Waals surface area contributed by atoms with Gasteiger partial charge in [-0.05, 0) is 51.6 Å². The average Bonchev–Trinajstić information content (AvgIpc) is 2.67. The van der Waals surface area contributed by atoms with Gasteiger partial charge in [-0.25, -0.2) is 0 Å². The van der Waals surface area contributed by atoms with Crippen LogP contribution >= 0.6 is 34.2 Å². The third-order valence-electron chi connectivity index (χ3n) is 2.24. The lowest BCUT2D eigenvalue weighted by molar-refractivity contribution is 0.175. The number of tetrazole rings is 1. The molecular weight excluding hydrogens is 354 g/mol. The standard InChI is InChI=1S/C10H10ClIN4O/c1-16-14-10(13-15-16)5-9(17)7-4-6(11)2-3-8(7)12/h2-4,9,17H,5H2,1H3. The van der Waals surface area contributed by atoms with E-state index < -0.39 is 6.10 Å². The number of hydrogen-bond acceptors (Lipinski definition) is 4. The maximum atomic E-state index is 10.1. The molecule has 0 aliphatic carbocycles. The number of halogens is 2. The van der Waals surface area contributed by atoms with Crippen LogP contribution in [0.2, 0.25) is 5.02 Å². The minimum Gasteiger partial charge on any atom is -0.388 e. The van der Waals surface area contributed by atoms with E-state index in [4.69, 9.17) is 11.6 Å². The van der Waals surface area contributed by atoms with Crippen LogP contribution in [0.1, 0.15) is 17.5 Å². The maximum absolute atomic E-state index is 10.1. The van der Waals surface area contributed by atoms with E-state index in [1.807, 2.05) is 6.07 Å². The van der Waals surface area contributed by atoms with Crippen molar-refractivity contribution in [2.24, 2.45) is 7.05 Å². The number of aromatic nitrogens is 4. The van der Waals surface area contributed by atoms with Crippen molar-refractivity contribution in [1.82, 2.24) is 20.2 Å². The van der Waals surface area contributed by atoms with Crippen LogP contribution in [0, 0.1) is 3.57 Å². The molecule has 0 amide bonds. The van der Waals surface area contributed by atoms with E-state index in [0.29, 0.717) is 17.3 Å². The fourth-order valence-corrected chi connectivity index (χ4v) is 2.33. The van der Waals surface area contributed by atoms with Crippen LogP contribution in [0.3, 0.4) is 0 Å². The lowest BCUT2D eigenvalue weighted by Crippen LogP contribution is -2.05. The Labute approximate surface area is 117 Å². The molecule has 1 N–H and O–H groups in total. The smallest absolute Gasteiger partial charge is 0.177 e. The summed E-state index contributed by atoms with van der Waals surface area (Å²) in [6.07, 6.45) is -0.353. The third kappa shape index (κ3) is 3.14. The minimum absolute atomic E-state index is 0.324. The second-order valence-corrected chi connectivity index (χ2v) is 5.18. The number of aryl methyl sites for hydroxylation is 1. The number of hydrogen-bond donors (Lipinski definition) is 1. The highest BCUT2D eigenvalue weighted by atomic mass is 127. The molecule has 0 fully saturated rings. The summed E-state index contributed by atoms with van der Waals surface area (Å²) in [4.78, 5) is 1.37. The van der Waals surface area contributed by atoms with E-state index in [-0.39, 0.29) is 0 Å². The number of aliphatic hydroxyl groups excluding tert-OH is 1. The molecule has 2 aromatic rings. The van der Waals surface area contributed by atoms with Crippen molar-refractivity contribution >= 4 is 34.2 Å². The van der Waals surface area contributed by atoms with Crippen LogP contribution < -0.4 is 0 Å². The molecular formula is C10H10ClIN4O. The monoisotopic (exact) mass is 364 g/mol. The molecule has 2 rings (SSSR count). The Morgan fingerprint density at radius 1 is 1.53 bits per heavy atom. The number of nitrogens with zero attached hydrogens (tertiary/aromatic N) is 4. The molecule has 1 heterocycles. The molecule has 17 heavy (non-hydrogen) atoms. The molecule has 0 aliphatic rings. The number of benzene rings is 1. The Bertz CT molecular complexity index is 531. The number of aliphatic hydroxyl groups is 1. The highest BCUT2D eigenvalue weighted by molar-refractivity contribution is 14.1. The van der Waals surface area contributed by atoms with Gasteiger partial charge in [0.05, 0.1) is 13.2 Å². The SMILES string of the molecule is Cn1nnc(CC(O)c2cc(Cl)ccc2I)n1. The molecule has 5 nitrogen and oxygen atoms in total. The van der Waals surface area contributed by atoms with Gasteiger partial charge < -0.3 is 5.11 Å². The molecule has 0 saturated carbocycles. The fraction of sp³-hybridized carbons (Fsp3) is 0.300. The number of rotatable bonds is 3. The summed E-state index contributed by atoms with van der Waals surface area (Å²) in [5, 5.41) is 22.3. The summed E-state index contributed by atoms with van der Waals surface area (Å²) in [6, 6.07) is 5.41. The first-order valence-corrected chi connectivity index (χ1v) is 6.38. The first-order valence-electron chi connectivity index (χ1n) is 4.92. The van der Waals surface area contributed by atoms with E-state index >= 15 is 0 Å². The minimum atomic E-state index is -0.676. The summed E-state index contributed by atoms with van der Waals surface area (Å²) in [7, 11) is 1.69. The Morgan fingerprint density at radius 2 is 2.29 bits per heavy atom. The molecule has 0 bridgehead atoms. The van der Waals surface area contributed by atoms with Gasteiger partial charge in [0.15, 0.2) is 5.82 Å². The summed E-state index contributed by atoms with van der Waals surface area (Å²) in [6.45, 7) is 0. The summed E-state index contributed by atoms with van der Waals surface area (Å²) < 4.78 is 0.961. The highest BCUT2D eigenvalue weighted by Crippen LogP contribution is 2.25. The van der Waals surface area contributed by atoms with Crippen LogP contribution in [0.25, 0.3) is 0 Å². The molecule has 0 spiro atoms. The second-order valence-electron chi connectivity index (χ2n) is 3.58. The molecule has 0 saturated heterocycles. The van der Waals surface area contributed by atoms with E-state index in [1.165, 1.54) is 4.80 Å². The molecule has 1 aromatic carbocycles. The van der Waals surface area contributed by atoms with Crippen molar-refractivity contribution in [2.45, 2.75) is 12.5 Å². The van der Waals surface area contributed by atoms with Crippen LogP contribution in [0.15, 0.2) is 18.2 Å². The second kappa shape index (κ2) is 5.28. The lowest BCUT2D eigenvalue weighted by atomic mass is 10.1. The topological polar surface area (TPSA) is 63.8 Å². The zero-order valence-corrected chi connectivity index (χ0v) is 11.9. The average molecular weight is 365 g/mol. The molecule has 0 aliphatic heterocycles. The van der Waals surface area contributed by atoms with Crippen LogP contribution in [-0.4, -0.2) is 25.3 Å². The summed E-state index contributed by atoms with van der Waals surface area (Å²) in [5.74, 6) is 0.510. The van der Waals surface area contributed by atoms with E-state index in [2.05, 4.69) is 38.0 Å². The van der Waals surface area contributed by atoms with Crippen LogP contribution in [0.5, 0.6) is 0 Å². The van der Waals surface area contributed by atoms with Gasteiger partial charge in [-0.2, -0.15) is 4.80 Å². The van der Waals surface area contributed by atoms with Crippen molar-refractivity contribution in [3.8, 4) is 0 Å². The van der Waals surface area contributed by atoms with Crippen molar-refractivity contribution in [1.29, 1.82) is 0 Å². The van der Waals surface area contributed by atoms with E-state index in [1.54, 1.807) is 19.2 Å². The first-order chi connectivity index (χ1) is 8.06. The third-order valence-corrected chi connectivity index (χ3v) is 3.46. The molecule has 1 unspecified atom stereocenters. The van der Waals surface area contributed by atoms with Gasteiger partial charge in [0.25, 0.3) is 0 Å². The Hall–Kier alpha value is -0.730. The van der Waals surface area contributed by atoms with Gasteiger partial charge in [0.1, 0.15) is 0 Å². The summed E-state index contributed by atoms with van der Waals surface area (Å²) >= 11 is 8.07. The van der Waals surface area contributed by atoms with Gasteiger partial charge in [-0.15, -0.1) is 10.2 Å². The normalized spacial score (nSPS) is 12.7. The van der Waals surface area contributed by atoms with Gasteiger partial charge >= 0.3 is 0 Å². The van der Waals surface area contributed by atoms with Crippen LogP contribution in [0.4, 0.5) is 0 Å². The Morgan fingerprint density at radius 3 is 2.94 bits per heavy atom. The lowest BCUT2D eigenvalue weighted by Gasteiger charge is -2.11. The zero-order chi connectivity index (χ0) is 12.4. The van der Waals surface area contributed by atoms with Crippen molar-refractivity contribution < 1.29 is 5.11 Å². The van der Waals surface area contributed by atoms with Gasteiger partial charge in [0.2, 0.25) is 0 Å².